The van der Waals surface area contributed by atoms with Crippen molar-refractivity contribution in [2.45, 2.75) is 18.7 Å². The molecule has 2 heterocycles. The maximum absolute atomic E-state index is 13.5. The maximum atomic E-state index is 13.5. The third kappa shape index (κ3) is 3.33. The van der Waals surface area contributed by atoms with E-state index in [0.717, 1.165) is 5.56 Å². The molecule has 7 heteroatoms. The van der Waals surface area contributed by atoms with Crippen LogP contribution in [0.1, 0.15) is 22.4 Å². The molecule has 1 unspecified atom stereocenters. The third-order valence-corrected chi connectivity index (χ3v) is 5.74. The molecule has 0 spiro atoms. The molecule has 5 rings (SSSR count). The first-order chi connectivity index (χ1) is 15.6. The summed E-state index contributed by atoms with van der Waals surface area (Å²) in [5, 5.41) is 20.1. The van der Waals surface area contributed by atoms with Gasteiger partial charge in [0.1, 0.15) is 11.4 Å². The SMILES string of the molecule is COc1ccc(C2(O)C(=O)N(Cc3cn(Cc4ccccc4)nn3)c3ccccc32)cc1. The van der Waals surface area contributed by atoms with E-state index in [2.05, 4.69) is 10.3 Å². The molecule has 1 aliphatic rings. The molecular formula is C25H22N4O3. The van der Waals surface area contributed by atoms with E-state index >= 15 is 0 Å². The van der Waals surface area contributed by atoms with Crippen LogP contribution in [0.5, 0.6) is 5.75 Å². The number of hydrogen-bond acceptors (Lipinski definition) is 5. The second kappa shape index (κ2) is 7.94. The van der Waals surface area contributed by atoms with Gasteiger partial charge >= 0.3 is 0 Å². The quantitative estimate of drug-likeness (QED) is 0.512. The molecule has 32 heavy (non-hydrogen) atoms. The highest BCUT2D eigenvalue weighted by atomic mass is 16.5. The Labute approximate surface area is 185 Å². The van der Waals surface area contributed by atoms with Crippen molar-refractivity contribution in [3.63, 3.8) is 0 Å². The zero-order valence-corrected chi connectivity index (χ0v) is 17.5. The Balaban J connectivity index is 1.45. The number of anilines is 1. The summed E-state index contributed by atoms with van der Waals surface area (Å²) in [5.74, 6) is 0.240. The number of carbonyl (C=O) groups excluding carboxylic acids is 1. The molecule has 7 nitrogen and oxygen atoms in total. The predicted octanol–water partition coefficient (Wildman–Crippen LogP) is 3.12. The third-order valence-electron chi connectivity index (χ3n) is 5.74. The zero-order chi connectivity index (χ0) is 22.1. The van der Waals surface area contributed by atoms with E-state index in [4.69, 9.17) is 4.74 Å². The Morgan fingerprint density at radius 2 is 1.66 bits per heavy atom. The fourth-order valence-corrected chi connectivity index (χ4v) is 4.12. The van der Waals surface area contributed by atoms with Crippen molar-refractivity contribution < 1.29 is 14.6 Å². The topological polar surface area (TPSA) is 80.5 Å². The van der Waals surface area contributed by atoms with Gasteiger partial charge in [-0.3, -0.25) is 4.79 Å². The molecule has 1 aliphatic heterocycles. The fourth-order valence-electron chi connectivity index (χ4n) is 4.12. The normalized spacial score (nSPS) is 17.4. The number of para-hydroxylation sites is 1. The molecule has 1 N–H and O–H groups in total. The number of ether oxygens (including phenoxy) is 1. The monoisotopic (exact) mass is 426 g/mol. The van der Waals surface area contributed by atoms with E-state index in [0.29, 0.717) is 34.8 Å². The molecule has 3 aromatic carbocycles. The van der Waals surface area contributed by atoms with Gasteiger partial charge in [0.15, 0.2) is 5.60 Å². The van der Waals surface area contributed by atoms with Crippen LogP contribution in [0.15, 0.2) is 85.1 Å². The van der Waals surface area contributed by atoms with Crippen molar-refractivity contribution in [1.82, 2.24) is 15.0 Å². The maximum Gasteiger partial charge on any atom is 0.268 e. The van der Waals surface area contributed by atoms with Crippen molar-refractivity contribution >= 4 is 11.6 Å². The molecule has 0 saturated carbocycles. The van der Waals surface area contributed by atoms with Gasteiger partial charge in [-0.1, -0.05) is 65.9 Å². The number of benzene rings is 3. The van der Waals surface area contributed by atoms with Gasteiger partial charge in [0, 0.05) is 5.56 Å². The highest BCUT2D eigenvalue weighted by Gasteiger charge is 2.51. The molecule has 0 fully saturated rings. The van der Waals surface area contributed by atoms with E-state index in [1.54, 1.807) is 47.0 Å². The molecule has 0 radical (unpaired) electrons. The summed E-state index contributed by atoms with van der Waals surface area (Å²) in [6, 6.07) is 24.2. The van der Waals surface area contributed by atoms with Gasteiger partial charge in [0.05, 0.1) is 32.1 Å². The Bertz CT molecular complexity index is 1250. The largest absolute Gasteiger partial charge is 0.497 e. The van der Waals surface area contributed by atoms with Gasteiger partial charge in [-0.2, -0.15) is 0 Å². The van der Waals surface area contributed by atoms with Gasteiger partial charge in [0.25, 0.3) is 5.91 Å². The van der Waals surface area contributed by atoms with E-state index in [9.17, 15) is 9.90 Å². The van der Waals surface area contributed by atoms with Crippen molar-refractivity contribution in [1.29, 1.82) is 0 Å². The highest BCUT2D eigenvalue weighted by Crippen LogP contribution is 2.45. The number of amides is 1. The Kier molecular flexibility index (Phi) is 4.95. The summed E-state index contributed by atoms with van der Waals surface area (Å²) in [6.45, 7) is 0.803. The number of fused-ring (bicyclic) bond motifs is 1. The Morgan fingerprint density at radius 3 is 2.41 bits per heavy atom. The van der Waals surface area contributed by atoms with Crippen molar-refractivity contribution in [2.75, 3.05) is 12.0 Å². The molecule has 4 aromatic rings. The van der Waals surface area contributed by atoms with E-state index in [1.807, 2.05) is 54.7 Å². The number of aliphatic hydroxyl groups is 1. The highest BCUT2D eigenvalue weighted by molar-refractivity contribution is 6.08. The average Bonchev–Trinajstić information content (AvgIpc) is 3.37. The first-order valence-corrected chi connectivity index (χ1v) is 10.3. The number of nitrogens with zero attached hydrogens (tertiary/aromatic N) is 4. The number of aromatic nitrogens is 3. The van der Waals surface area contributed by atoms with Crippen LogP contribution >= 0.6 is 0 Å². The molecule has 0 aliphatic carbocycles. The van der Waals surface area contributed by atoms with Crippen LogP contribution in [0.3, 0.4) is 0 Å². The molecule has 1 aromatic heterocycles. The standard InChI is InChI=1S/C25H22N4O3/c1-32-21-13-11-19(12-14-21)25(31)22-9-5-6-10-23(22)29(24(25)30)17-20-16-28(27-26-20)15-18-7-3-2-4-8-18/h2-14,16,31H,15,17H2,1H3. The average molecular weight is 426 g/mol. The second-order valence-electron chi connectivity index (χ2n) is 7.74. The zero-order valence-electron chi connectivity index (χ0n) is 17.5. The lowest BCUT2D eigenvalue weighted by atomic mass is 9.87. The first-order valence-electron chi connectivity index (χ1n) is 10.3. The number of hydrogen-bond donors (Lipinski definition) is 1. The molecule has 160 valence electrons. The van der Waals surface area contributed by atoms with Crippen LogP contribution in [-0.4, -0.2) is 33.1 Å². The van der Waals surface area contributed by atoms with E-state index in [-0.39, 0.29) is 6.54 Å². The van der Waals surface area contributed by atoms with Crippen LogP contribution < -0.4 is 9.64 Å². The Hall–Kier alpha value is -3.97. The van der Waals surface area contributed by atoms with E-state index < -0.39 is 11.5 Å². The number of carbonyl (C=O) groups is 1. The van der Waals surface area contributed by atoms with Gasteiger partial charge in [-0.15, -0.1) is 5.10 Å². The summed E-state index contributed by atoms with van der Waals surface area (Å²) >= 11 is 0. The van der Waals surface area contributed by atoms with Gasteiger partial charge in [-0.25, -0.2) is 4.68 Å². The minimum absolute atomic E-state index is 0.211. The Morgan fingerprint density at radius 1 is 0.938 bits per heavy atom. The van der Waals surface area contributed by atoms with Crippen molar-refractivity contribution in [3.05, 3.63) is 107 Å². The summed E-state index contributed by atoms with van der Waals surface area (Å²) in [5.41, 5.74) is 1.68. The lowest BCUT2D eigenvalue weighted by molar-refractivity contribution is -0.132. The lowest BCUT2D eigenvalue weighted by Crippen LogP contribution is -2.40. The summed E-state index contributed by atoms with van der Waals surface area (Å²) in [6.07, 6.45) is 1.83. The lowest BCUT2D eigenvalue weighted by Gasteiger charge is -2.23. The first kappa shape index (κ1) is 20.0. The molecule has 1 amide bonds. The summed E-state index contributed by atoms with van der Waals surface area (Å²) in [7, 11) is 1.58. The fraction of sp³-hybridized carbons (Fsp3) is 0.160. The molecule has 1 atom stereocenters. The predicted molar refractivity (Wildman–Crippen MR) is 119 cm³/mol. The van der Waals surface area contributed by atoms with Crippen molar-refractivity contribution in [2.24, 2.45) is 0 Å². The van der Waals surface area contributed by atoms with E-state index in [1.165, 1.54) is 0 Å². The molecule has 0 saturated heterocycles. The smallest absolute Gasteiger partial charge is 0.268 e. The van der Waals surface area contributed by atoms with Crippen LogP contribution in [0, 0.1) is 0 Å². The van der Waals surface area contributed by atoms with Gasteiger partial charge in [-0.05, 0) is 29.3 Å². The van der Waals surface area contributed by atoms with Gasteiger partial charge in [0.2, 0.25) is 0 Å². The van der Waals surface area contributed by atoms with Crippen LogP contribution in [-0.2, 0) is 23.5 Å². The second-order valence-corrected chi connectivity index (χ2v) is 7.74. The summed E-state index contributed by atoms with van der Waals surface area (Å²) < 4.78 is 6.95. The van der Waals surface area contributed by atoms with Crippen LogP contribution in [0.25, 0.3) is 0 Å². The minimum Gasteiger partial charge on any atom is -0.497 e. The minimum atomic E-state index is -1.77. The van der Waals surface area contributed by atoms with Crippen LogP contribution in [0.2, 0.25) is 0 Å². The van der Waals surface area contributed by atoms with Crippen LogP contribution in [0.4, 0.5) is 5.69 Å². The number of rotatable bonds is 6. The summed E-state index contributed by atoms with van der Waals surface area (Å²) in [4.78, 5) is 15.1. The molecular weight excluding hydrogens is 404 g/mol. The van der Waals surface area contributed by atoms with Crippen molar-refractivity contribution in [3.8, 4) is 5.75 Å². The molecule has 0 bridgehead atoms. The van der Waals surface area contributed by atoms with Gasteiger partial charge < -0.3 is 14.7 Å². The number of methoxy groups -OCH3 is 1.